The minimum Gasteiger partial charge on any atom is -0.439 e. The van der Waals surface area contributed by atoms with E-state index in [2.05, 4.69) is 0 Å². The number of hydrogen-bond donors (Lipinski definition) is 2. The first-order chi connectivity index (χ1) is 8.95. The van der Waals surface area contributed by atoms with Gasteiger partial charge in [0.1, 0.15) is 0 Å². The number of halogens is 2. The molecule has 1 aromatic rings. The third-order valence-electron chi connectivity index (χ3n) is 2.72. The Labute approximate surface area is 122 Å². The van der Waals surface area contributed by atoms with Gasteiger partial charge in [0.25, 0.3) is 0 Å². The Morgan fingerprint density at radius 3 is 2.68 bits per heavy atom. The zero-order chi connectivity index (χ0) is 14.4. The standard InChI is InChI=1S/C13H17Cl2NO3/c1-2-3-4-11(17)12(19-13(16)18)9-6-5-8(14)7-10(9)15/h5-7,11-12,17H,2-4H2,1H3,(H2,16,18)/t11-,12-/m1/s1. The summed E-state index contributed by atoms with van der Waals surface area (Å²) in [5, 5.41) is 10.9. The summed E-state index contributed by atoms with van der Waals surface area (Å²) >= 11 is 11.9. The highest BCUT2D eigenvalue weighted by atomic mass is 35.5. The number of aliphatic hydroxyl groups excluding tert-OH is 1. The summed E-state index contributed by atoms with van der Waals surface area (Å²) in [6.07, 6.45) is -0.459. The number of amides is 1. The number of rotatable bonds is 6. The molecule has 0 unspecified atom stereocenters. The normalized spacial score (nSPS) is 13.9. The second kappa shape index (κ2) is 7.58. The quantitative estimate of drug-likeness (QED) is 0.842. The van der Waals surface area contributed by atoms with Crippen LogP contribution in [0.2, 0.25) is 10.0 Å². The molecule has 106 valence electrons. The molecule has 0 bridgehead atoms. The first kappa shape index (κ1) is 16.1. The number of benzene rings is 1. The molecule has 3 N–H and O–H groups in total. The van der Waals surface area contributed by atoms with Crippen LogP contribution in [0.3, 0.4) is 0 Å². The van der Waals surface area contributed by atoms with Crippen molar-refractivity contribution in [3.63, 3.8) is 0 Å². The van der Waals surface area contributed by atoms with Crippen molar-refractivity contribution in [3.8, 4) is 0 Å². The number of ether oxygens (including phenoxy) is 1. The van der Waals surface area contributed by atoms with Gasteiger partial charge in [-0.15, -0.1) is 0 Å². The topological polar surface area (TPSA) is 72.6 Å². The molecule has 1 aromatic carbocycles. The number of carbonyl (C=O) groups excluding carboxylic acids is 1. The van der Waals surface area contributed by atoms with Gasteiger partial charge in [-0.2, -0.15) is 0 Å². The summed E-state index contributed by atoms with van der Waals surface area (Å²) in [5.41, 5.74) is 5.53. The molecule has 0 saturated carbocycles. The average molecular weight is 306 g/mol. The average Bonchev–Trinajstić information content (AvgIpc) is 2.33. The molecule has 0 saturated heterocycles. The van der Waals surface area contributed by atoms with Crippen molar-refractivity contribution in [1.82, 2.24) is 0 Å². The van der Waals surface area contributed by atoms with Gasteiger partial charge in [0.15, 0.2) is 6.10 Å². The number of aliphatic hydroxyl groups is 1. The van der Waals surface area contributed by atoms with Crippen molar-refractivity contribution in [2.75, 3.05) is 0 Å². The number of nitrogens with two attached hydrogens (primary N) is 1. The number of unbranched alkanes of at least 4 members (excludes halogenated alkanes) is 1. The van der Waals surface area contributed by atoms with Crippen LogP contribution in [-0.4, -0.2) is 17.3 Å². The van der Waals surface area contributed by atoms with Gasteiger partial charge in [-0.05, 0) is 18.6 Å². The highest BCUT2D eigenvalue weighted by Gasteiger charge is 2.26. The van der Waals surface area contributed by atoms with Crippen LogP contribution in [-0.2, 0) is 4.74 Å². The van der Waals surface area contributed by atoms with Crippen LogP contribution in [0.4, 0.5) is 4.79 Å². The van der Waals surface area contributed by atoms with Gasteiger partial charge in [-0.3, -0.25) is 0 Å². The van der Waals surface area contributed by atoms with E-state index in [9.17, 15) is 9.90 Å². The molecule has 4 nitrogen and oxygen atoms in total. The lowest BCUT2D eigenvalue weighted by molar-refractivity contribution is -0.0000379. The second-order valence-corrected chi connectivity index (χ2v) is 5.08. The van der Waals surface area contributed by atoms with Crippen LogP contribution < -0.4 is 5.73 Å². The van der Waals surface area contributed by atoms with Crippen molar-refractivity contribution in [2.24, 2.45) is 5.73 Å². The van der Waals surface area contributed by atoms with E-state index in [4.69, 9.17) is 33.7 Å². The molecule has 0 aromatic heterocycles. The lowest BCUT2D eigenvalue weighted by Gasteiger charge is -2.23. The van der Waals surface area contributed by atoms with Gasteiger partial charge in [-0.1, -0.05) is 49.0 Å². The first-order valence-corrected chi connectivity index (χ1v) is 6.80. The summed E-state index contributed by atoms with van der Waals surface area (Å²) in [6.45, 7) is 2.01. The van der Waals surface area contributed by atoms with Crippen LogP contribution in [0.5, 0.6) is 0 Å². The van der Waals surface area contributed by atoms with Crippen LogP contribution in [0, 0.1) is 0 Å². The van der Waals surface area contributed by atoms with Crippen molar-refractivity contribution >= 4 is 29.3 Å². The van der Waals surface area contributed by atoms with Gasteiger partial charge < -0.3 is 15.6 Å². The Morgan fingerprint density at radius 1 is 1.47 bits per heavy atom. The highest BCUT2D eigenvalue weighted by molar-refractivity contribution is 6.35. The Kier molecular flexibility index (Phi) is 6.42. The molecule has 0 aliphatic rings. The minimum absolute atomic E-state index is 0.328. The summed E-state index contributed by atoms with van der Waals surface area (Å²) < 4.78 is 4.98. The third kappa shape index (κ3) is 4.90. The maximum Gasteiger partial charge on any atom is 0.405 e. The second-order valence-electron chi connectivity index (χ2n) is 4.23. The lowest BCUT2D eigenvalue weighted by Crippen LogP contribution is -2.27. The fourth-order valence-corrected chi connectivity index (χ4v) is 2.29. The molecule has 1 rings (SSSR count). The fraction of sp³-hybridized carbons (Fsp3) is 0.462. The molecule has 2 atom stereocenters. The zero-order valence-corrected chi connectivity index (χ0v) is 12.1. The van der Waals surface area contributed by atoms with E-state index < -0.39 is 18.3 Å². The van der Waals surface area contributed by atoms with Crippen LogP contribution in [0.25, 0.3) is 0 Å². The lowest BCUT2D eigenvalue weighted by atomic mass is 10.00. The van der Waals surface area contributed by atoms with E-state index in [1.807, 2.05) is 6.92 Å². The van der Waals surface area contributed by atoms with Crippen molar-refractivity contribution < 1.29 is 14.6 Å². The number of primary amides is 1. The van der Waals surface area contributed by atoms with E-state index in [1.54, 1.807) is 12.1 Å². The van der Waals surface area contributed by atoms with Crippen molar-refractivity contribution in [1.29, 1.82) is 0 Å². The van der Waals surface area contributed by atoms with E-state index in [1.165, 1.54) is 6.07 Å². The fourth-order valence-electron chi connectivity index (χ4n) is 1.77. The third-order valence-corrected chi connectivity index (χ3v) is 3.28. The van der Waals surface area contributed by atoms with Gasteiger partial charge in [0, 0.05) is 15.6 Å². The Balaban J connectivity index is 2.98. The van der Waals surface area contributed by atoms with E-state index in [0.717, 1.165) is 12.8 Å². The Morgan fingerprint density at radius 2 is 2.16 bits per heavy atom. The molecule has 0 fully saturated rings. The van der Waals surface area contributed by atoms with Crippen LogP contribution in [0.15, 0.2) is 18.2 Å². The predicted octanol–water partition coefficient (Wildman–Crippen LogP) is 3.68. The monoisotopic (exact) mass is 305 g/mol. The molecule has 0 spiro atoms. The van der Waals surface area contributed by atoms with Crippen molar-refractivity contribution in [2.45, 2.75) is 38.4 Å². The summed E-state index contributed by atoms with van der Waals surface area (Å²) in [7, 11) is 0. The van der Waals surface area contributed by atoms with E-state index >= 15 is 0 Å². The Hall–Kier alpha value is -0.970. The molecular weight excluding hydrogens is 289 g/mol. The first-order valence-electron chi connectivity index (χ1n) is 6.04. The van der Waals surface area contributed by atoms with Crippen molar-refractivity contribution in [3.05, 3.63) is 33.8 Å². The molecule has 0 radical (unpaired) electrons. The Bertz CT molecular complexity index is 440. The SMILES string of the molecule is CCCC[C@@H](O)[C@H](OC(N)=O)c1ccc(Cl)cc1Cl. The molecule has 0 aliphatic heterocycles. The maximum atomic E-state index is 11.0. The highest BCUT2D eigenvalue weighted by Crippen LogP contribution is 2.32. The molecule has 0 aliphatic carbocycles. The number of carbonyl (C=O) groups is 1. The summed E-state index contributed by atoms with van der Waals surface area (Å²) in [5.74, 6) is 0. The molecule has 6 heteroatoms. The van der Waals surface area contributed by atoms with E-state index in [-0.39, 0.29) is 0 Å². The molecule has 0 heterocycles. The summed E-state index contributed by atoms with van der Waals surface area (Å²) in [6, 6.07) is 4.77. The molecular formula is C13H17Cl2NO3. The van der Waals surface area contributed by atoms with Gasteiger partial charge >= 0.3 is 6.09 Å². The van der Waals surface area contributed by atoms with Gasteiger partial charge in [-0.25, -0.2) is 4.79 Å². The van der Waals surface area contributed by atoms with Gasteiger partial charge in [0.05, 0.1) is 6.10 Å². The zero-order valence-electron chi connectivity index (χ0n) is 10.6. The largest absolute Gasteiger partial charge is 0.439 e. The van der Waals surface area contributed by atoms with Gasteiger partial charge in [0.2, 0.25) is 0 Å². The van der Waals surface area contributed by atoms with E-state index in [0.29, 0.717) is 22.0 Å². The summed E-state index contributed by atoms with van der Waals surface area (Å²) in [4.78, 5) is 11.0. The van der Waals surface area contributed by atoms with Crippen LogP contribution >= 0.6 is 23.2 Å². The van der Waals surface area contributed by atoms with Crippen LogP contribution in [0.1, 0.15) is 37.9 Å². The predicted molar refractivity (Wildman–Crippen MR) is 75.4 cm³/mol. The number of hydrogen-bond acceptors (Lipinski definition) is 3. The maximum absolute atomic E-state index is 11.0. The molecule has 19 heavy (non-hydrogen) atoms. The minimum atomic E-state index is -0.952. The molecule has 1 amide bonds. The smallest absolute Gasteiger partial charge is 0.405 e.